The van der Waals surface area contributed by atoms with Gasteiger partial charge in [0.05, 0.1) is 17.6 Å². The molecule has 7 nitrogen and oxygen atoms in total. The van der Waals surface area contributed by atoms with Crippen molar-refractivity contribution in [1.29, 1.82) is 0 Å². The molecule has 0 N–H and O–H groups in total. The van der Waals surface area contributed by atoms with E-state index in [1.54, 1.807) is 9.80 Å². The molecule has 184 valence electrons. The molecule has 3 heterocycles. The Labute approximate surface area is 197 Å². The van der Waals surface area contributed by atoms with Crippen molar-refractivity contribution >= 4 is 12.0 Å². The summed E-state index contributed by atoms with van der Waals surface area (Å²) in [6, 6.07) is 9.92. The van der Waals surface area contributed by atoms with Crippen molar-refractivity contribution in [2.75, 3.05) is 31.1 Å². The minimum Gasteiger partial charge on any atom is -0.446 e. The average molecular weight is 478 g/mol. The fourth-order valence-electron chi connectivity index (χ4n) is 4.71. The van der Waals surface area contributed by atoms with Crippen LogP contribution in [0.15, 0.2) is 42.7 Å². The highest BCUT2D eigenvalue weighted by molar-refractivity contribution is 5.69. The number of anilines is 1. The Hall–Kier alpha value is -2.88. The lowest BCUT2D eigenvalue weighted by molar-refractivity contribution is -0.138. The Balaban J connectivity index is 1.28. The molecule has 2 saturated heterocycles. The smallest absolute Gasteiger partial charge is 0.419 e. The van der Waals surface area contributed by atoms with Crippen LogP contribution in [-0.2, 0) is 17.5 Å². The third-order valence-electron chi connectivity index (χ3n) is 6.43. The second-order valence-electron chi connectivity index (χ2n) is 9.12. The van der Waals surface area contributed by atoms with Gasteiger partial charge in [-0.1, -0.05) is 30.3 Å². The van der Waals surface area contributed by atoms with Crippen LogP contribution in [0.3, 0.4) is 0 Å². The molecule has 2 aliphatic rings. The first kappa shape index (κ1) is 24.3. The van der Waals surface area contributed by atoms with Crippen LogP contribution in [0.25, 0.3) is 0 Å². The number of halogens is 3. The number of amides is 1. The highest BCUT2D eigenvalue weighted by Gasteiger charge is 2.37. The van der Waals surface area contributed by atoms with Crippen LogP contribution in [0.1, 0.15) is 37.8 Å². The predicted octanol–water partition coefficient (Wildman–Crippen LogP) is 4.20. The fraction of sp³-hybridized carbons (Fsp3) is 0.542. The van der Waals surface area contributed by atoms with Crippen molar-refractivity contribution in [2.45, 2.75) is 57.6 Å². The maximum atomic E-state index is 13.0. The van der Waals surface area contributed by atoms with Gasteiger partial charge in [0.25, 0.3) is 0 Å². The molecule has 0 aliphatic carbocycles. The lowest BCUT2D eigenvalue weighted by Gasteiger charge is -2.44. The number of hydrogen-bond donors (Lipinski definition) is 0. The summed E-state index contributed by atoms with van der Waals surface area (Å²) >= 11 is 0. The van der Waals surface area contributed by atoms with Crippen molar-refractivity contribution < 1.29 is 22.7 Å². The van der Waals surface area contributed by atoms with E-state index in [-0.39, 0.29) is 30.2 Å². The number of piperazine rings is 1. The molecule has 2 fully saturated rings. The van der Waals surface area contributed by atoms with Gasteiger partial charge in [0.15, 0.2) is 0 Å². The van der Waals surface area contributed by atoms with Crippen LogP contribution in [0.2, 0.25) is 0 Å². The molecule has 1 amide bonds. The molecule has 0 saturated carbocycles. The molecular formula is C24H30F3N5O2. The zero-order valence-corrected chi connectivity index (χ0v) is 19.4. The SMILES string of the molecule is C[C@@H]1CN(c2ncc(C(F)(F)F)cn2)C[C@@H](C)N1C(=O)OC1CCN(Cc2ccccc2)CC1. The molecule has 2 aliphatic heterocycles. The van der Waals surface area contributed by atoms with E-state index in [0.717, 1.165) is 44.9 Å². The molecule has 10 heteroatoms. The van der Waals surface area contributed by atoms with Crippen molar-refractivity contribution in [1.82, 2.24) is 19.8 Å². The monoisotopic (exact) mass is 477 g/mol. The maximum Gasteiger partial charge on any atom is 0.419 e. The normalized spacial score (nSPS) is 22.6. The summed E-state index contributed by atoms with van der Waals surface area (Å²) in [6.07, 6.45) is -1.75. The van der Waals surface area contributed by atoms with Crippen molar-refractivity contribution in [3.8, 4) is 0 Å². The number of carbonyl (C=O) groups excluding carboxylic acids is 1. The molecule has 4 rings (SSSR count). The number of alkyl halides is 3. The summed E-state index contributed by atoms with van der Waals surface area (Å²) in [5.41, 5.74) is 0.393. The van der Waals surface area contributed by atoms with Crippen LogP contribution in [-0.4, -0.2) is 70.2 Å². The van der Waals surface area contributed by atoms with E-state index in [4.69, 9.17) is 4.74 Å². The average Bonchev–Trinajstić information content (AvgIpc) is 2.80. The van der Waals surface area contributed by atoms with Gasteiger partial charge in [0, 0.05) is 45.1 Å². The molecule has 1 aromatic carbocycles. The summed E-state index contributed by atoms with van der Waals surface area (Å²) in [6.45, 7) is 7.27. The van der Waals surface area contributed by atoms with E-state index in [9.17, 15) is 18.0 Å². The van der Waals surface area contributed by atoms with E-state index >= 15 is 0 Å². The largest absolute Gasteiger partial charge is 0.446 e. The van der Waals surface area contributed by atoms with E-state index < -0.39 is 11.7 Å². The van der Waals surface area contributed by atoms with Gasteiger partial charge in [0.2, 0.25) is 5.95 Å². The van der Waals surface area contributed by atoms with Gasteiger partial charge in [-0.25, -0.2) is 14.8 Å². The van der Waals surface area contributed by atoms with Crippen LogP contribution in [0.5, 0.6) is 0 Å². The Morgan fingerprint density at radius 2 is 1.62 bits per heavy atom. The minimum atomic E-state index is -4.47. The standard InChI is InChI=1S/C24H30F3N5O2/c1-17-14-31(22-28-12-20(13-29-22)24(25,26)27)15-18(2)32(17)23(33)34-21-8-10-30(11-9-21)16-19-6-4-3-5-7-19/h3-7,12-13,17-18,21H,8-11,14-16H2,1-2H3/t17-,18-/m1/s1. The van der Waals surface area contributed by atoms with Crippen LogP contribution < -0.4 is 4.90 Å². The van der Waals surface area contributed by atoms with Crippen molar-refractivity contribution in [3.05, 3.63) is 53.9 Å². The number of aromatic nitrogens is 2. The first-order chi connectivity index (χ1) is 16.2. The Kier molecular flexibility index (Phi) is 7.25. The first-order valence-corrected chi connectivity index (χ1v) is 11.6. The summed E-state index contributed by atoms with van der Waals surface area (Å²) in [4.78, 5) is 26.7. The molecule has 2 aromatic rings. The van der Waals surface area contributed by atoms with Gasteiger partial charge in [-0.05, 0) is 32.3 Å². The van der Waals surface area contributed by atoms with Crippen LogP contribution in [0.4, 0.5) is 23.9 Å². The number of ether oxygens (including phenoxy) is 1. The Morgan fingerprint density at radius 3 is 2.18 bits per heavy atom. The quantitative estimate of drug-likeness (QED) is 0.658. The molecule has 2 atom stereocenters. The highest BCUT2D eigenvalue weighted by Crippen LogP contribution is 2.29. The number of likely N-dealkylation sites (tertiary alicyclic amines) is 1. The van der Waals surface area contributed by atoms with Gasteiger partial charge in [-0.3, -0.25) is 9.80 Å². The molecule has 0 bridgehead atoms. The topological polar surface area (TPSA) is 61.8 Å². The second kappa shape index (κ2) is 10.2. The van der Waals surface area contributed by atoms with Gasteiger partial charge < -0.3 is 9.64 Å². The van der Waals surface area contributed by atoms with E-state index in [1.807, 2.05) is 32.0 Å². The van der Waals surface area contributed by atoms with Crippen LogP contribution >= 0.6 is 0 Å². The number of benzene rings is 1. The molecule has 34 heavy (non-hydrogen) atoms. The number of carbonyl (C=O) groups is 1. The third kappa shape index (κ3) is 5.78. The van der Waals surface area contributed by atoms with Crippen molar-refractivity contribution in [3.63, 3.8) is 0 Å². The van der Waals surface area contributed by atoms with Gasteiger partial charge in [0.1, 0.15) is 6.10 Å². The minimum absolute atomic E-state index is 0.116. The predicted molar refractivity (Wildman–Crippen MR) is 121 cm³/mol. The van der Waals surface area contributed by atoms with Crippen molar-refractivity contribution in [2.24, 2.45) is 0 Å². The Bertz CT molecular complexity index is 937. The maximum absolute atomic E-state index is 13.0. The Morgan fingerprint density at radius 1 is 1.03 bits per heavy atom. The number of nitrogens with zero attached hydrogens (tertiary/aromatic N) is 5. The first-order valence-electron chi connectivity index (χ1n) is 11.6. The van der Waals surface area contributed by atoms with Gasteiger partial charge in [-0.15, -0.1) is 0 Å². The van der Waals surface area contributed by atoms with E-state index in [0.29, 0.717) is 13.1 Å². The molecular weight excluding hydrogens is 447 g/mol. The second-order valence-corrected chi connectivity index (χ2v) is 9.12. The zero-order chi connectivity index (χ0) is 24.3. The van der Waals surface area contributed by atoms with E-state index in [1.165, 1.54) is 5.56 Å². The molecule has 0 radical (unpaired) electrons. The summed E-state index contributed by atoms with van der Waals surface area (Å²) < 4.78 is 44.2. The third-order valence-corrected chi connectivity index (χ3v) is 6.43. The summed E-state index contributed by atoms with van der Waals surface area (Å²) in [7, 11) is 0. The van der Waals surface area contributed by atoms with Gasteiger partial charge >= 0.3 is 12.3 Å². The van der Waals surface area contributed by atoms with Crippen LogP contribution in [0, 0.1) is 0 Å². The fourth-order valence-corrected chi connectivity index (χ4v) is 4.71. The molecule has 0 unspecified atom stereocenters. The summed E-state index contributed by atoms with van der Waals surface area (Å²) in [5, 5.41) is 0. The van der Waals surface area contributed by atoms with E-state index in [2.05, 4.69) is 27.0 Å². The lowest BCUT2D eigenvalue weighted by atomic mass is 10.1. The number of piperidine rings is 1. The lowest BCUT2D eigenvalue weighted by Crippen LogP contribution is -2.59. The number of hydrogen-bond acceptors (Lipinski definition) is 6. The summed E-state index contributed by atoms with van der Waals surface area (Å²) in [5.74, 6) is 0.227. The van der Waals surface area contributed by atoms with Gasteiger partial charge in [-0.2, -0.15) is 13.2 Å². The number of rotatable bonds is 4. The molecule has 0 spiro atoms. The zero-order valence-electron chi connectivity index (χ0n) is 19.4. The molecule has 1 aromatic heterocycles. The highest BCUT2D eigenvalue weighted by atomic mass is 19.4.